The molecule has 3 heteroatoms. The zero-order valence-corrected chi connectivity index (χ0v) is 12.3. The Kier molecular flexibility index (Phi) is 8.23. The van der Waals surface area contributed by atoms with Gasteiger partial charge < -0.3 is 10.2 Å². The van der Waals surface area contributed by atoms with Crippen molar-refractivity contribution in [1.29, 1.82) is 0 Å². The minimum absolute atomic E-state index is 0.170. The summed E-state index contributed by atoms with van der Waals surface area (Å²) in [5, 5.41) is 3.42. The van der Waals surface area contributed by atoms with Crippen molar-refractivity contribution in [2.24, 2.45) is 0 Å². The topological polar surface area (TPSA) is 15.3 Å². The van der Waals surface area contributed by atoms with Crippen LogP contribution in [0.15, 0.2) is 24.3 Å². The molecule has 0 aliphatic heterocycles. The predicted molar refractivity (Wildman–Crippen MR) is 81.3 cm³/mol. The van der Waals surface area contributed by atoms with Crippen molar-refractivity contribution in [3.8, 4) is 0 Å². The van der Waals surface area contributed by atoms with Crippen LogP contribution in [0.2, 0.25) is 0 Å². The molecule has 0 bridgehead atoms. The van der Waals surface area contributed by atoms with Crippen LogP contribution in [0.25, 0.3) is 0 Å². The van der Waals surface area contributed by atoms with Crippen LogP contribution in [0, 0.1) is 5.82 Å². The minimum atomic E-state index is -0.170. The standard InChI is InChI=1S/C16H27FN2/c1-3-12-18-13-6-4-5-7-14-19(2)16-10-8-15(17)9-11-16/h8-11,18H,3-7,12-14H2,1-2H3. The van der Waals surface area contributed by atoms with E-state index in [1.165, 1.54) is 44.2 Å². The van der Waals surface area contributed by atoms with Gasteiger partial charge in [-0.1, -0.05) is 19.8 Å². The summed E-state index contributed by atoms with van der Waals surface area (Å²) in [6.07, 6.45) is 6.22. The van der Waals surface area contributed by atoms with E-state index >= 15 is 0 Å². The molecule has 1 rings (SSSR count). The first kappa shape index (κ1) is 16.0. The monoisotopic (exact) mass is 266 g/mol. The molecule has 1 N–H and O–H groups in total. The van der Waals surface area contributed by atoms with Crippen LogP contribution in [0.5, 0.6) is 0 Å². The Morgan fingerprint density at radius 3 is 2.37 bits per heavy atom. The molecule has 0 aliphatic carbocycles. The fraction of sp³-hybridized carbons (Fsp3) is 0.625. The van der Waals surface area contributed by atoms with Gasteiger partial charge in [0.2, 0.25) is 0 Å². The Balaban J connectivity index is 2.04. The summed E-state index contributed by atoms with van der Waals surface area (Å²) < 4.78 is 12.8. The van der Waals surface area contributed by atoms with Gasteiger partial charge in [-0.3, -0.25) is 0 Å². The fourth-order valence-corrected chi connectivity index (χ4v) is 2.08. The summed E-state index contributed by atoms with van der Waals surface area (Å²) in [7, 11) is 2.07. The van der Waals surface area contributed by atoms with E-state index in [9.17, 15) is 4.39 Å². The van der Waals surface area contributed by atoms with Gasteiger partial charge in [-0.05, 0) is 56.6 Å². The second-order valence-electron chi connectivity index (χ2n) is 5.06. The smallest absolute Gasteiger partial charge is 0.123 e. The highest BCUT2D eigenvalue weighted by Gasteiger charge is 2.00. The third kappa shape index (κ3) is 7.16. The van der Waals surface area contributed by atoms with Gasteiger partial charge in [-0.25, -0.2) is 4.39 Å². The highest BCUT2D eigenvalue weighted by Crippen LogP contribution is 2.14. The number of nitrogens with zero attached hydrogens (tertiary/aromatic N) is 1. The average molecular weight is 266 g/mol. The molecule has 0 amide bonds. The Morgan fingerprint density at radius 1 is 1.00 bits per heavy atom. The van der Waals surface area contributed by atoms with Gasteiger partial charge in [-0.15, -0.1) is 0 Å². The van der Waals surface area contributed by atoms with Crippen molar-refractivity contribution >= 4 is 5.69 Å². The summed E-state index contributed by atoms with van der Waals surface area (Å²) in [5.41, 5.74) is 1.09. The molecule has 0 spiro atoms. The van der Waals surface area contributed by atoms with Crippen molar-refractivity contribution < 1.29 is 4.39 Å². The molecule has 0 saturated carbocycles. The second-order valence-corrected chi connectivity index (χ2v) is 5.06. The molecule has 0 fully saturated rings. The molecule has 108 valence electrons. The molecular weight excluding hydrogens is 239 g/mol. The van der Waals surface area contributed by atoms with Gasteiger partial charge in [0.25, 0.3) is 0 Å². The second kappa shape index (κ2) is 9.79. The maximum Gasteiger partial charge on any atom is 0.123 e. The first-order chi connectivity index (χ1) is 9.24. The van der Waals surface area contributed by atoms with Gasteiger partial charge in [0.1, 0.15) is 5.82 Å². The van der Waals surface area contributed by atoms with Gasteiger partial charge in [0, 0.05) is 19.3 Å². The van der Waals surface area contributed by atoms with E-state index in [1.807, 2.05) is 12.1 Å². The maximum absolute atomic E-state index is 12.8. The highest BCUT2D eigenvalue weighted by molar-refractivity contribution is 5.45. The first-order valence-corrected chi connectivity index (χ1v) is 7.41. The van der Waals surface area contributed by atoms with Crippen molar-refractivity contribution in [3.63, 3.8) is 0 Å². The molecular formula is C16H27FN2. The molecule has 0 atom stereocenters. The zero-order valence-electron chi connectivity index (χ0n) is 12.3. The summed E-state index contributed by atoms with van der Waals surface area (Å²) in [5.74, 6) is -0.170. The van der Waals surface area contributed by atoms with Crippen LogP contribution in [0.1, 0.15) is 39.0 Å². The maximum atomic E-state index is 12.8. The average Bonchev–Trinajstić information content (AvgIpc) is 2.42. The van der Waals surface area contributed by atoms with E-state index in [0.717, 1.165) is 25.3 Å². The quantitative estimate of drug-likeness (QED) is 0.648. The number of anilines is 1. The first-order valence-electron chi connectivity index (χ1n) is 7.41. The van der Waals surface area contributed by atoms with Gasteiger partial charge in [0.15, 0.2) is 0 Å². The number of halogens is 1. The molecule has 19 heavy (non-hydrogen) atoms. The van der Waals surface area contributed by atoms with Crippen molar-refractivity contribution in [2.75, 3.05) is 31.6 Å². The van der Waals surface area contributed by atoms with Gasteiger partial charge in [-0.2, -0.15) is 0 Å². The molecule has 0 saturated heterocycles. The Labute approximate surface area is 117 Å². The predicted octanol–water partition coefficient (Wildman–Crippen LogP) is 3.82. The summed E-state index contributed by atoms with van der Waals surface area (Å²) in [6, 6.07) is 6.71. The van der Waals surface area contributed by atoms with Crippen LogP contribution in [-0.2, 0) is 0 Å². The minimum Gasteiger partial charge on any atom is -0.375 e. The third-order valence-corrected chi connectivity index (χ3v) is 3.29. The SMILES string of the molecule is CCCNCCCCCCN(C)c1ccc(F)cc1. The third-order valence-electron chi connectivity index (χ3n) is 3.29. The Hall–Kier alpha value is -1.09. The lowest BCUT2D eigenvalue weighted by Crippen LogP contribution is -2.18. The van der Waals surface area contributed by atoms with E-state index in [1.54, 1.807) is 0 Å². The van der Waals surface area contributed by atoms with Crippen molar-refractivity contribution in [3.05, 3.63) is 30.1 Å². The Bertz CT molecular complexity index is 324. The van der Waals surface area contributed by atoms with Crippen LogP contribution in [-0.4, -0.2) is 26.7 Å². The van der Waals surface area contributed by atoms with E-state index < -0.39 is 0 Å². The van der Waals surface area contributed by atoms with Crippen LogP contribution in [0.3, 0.4) is 0 Å². The fourth-order valence-electron chi connectivity index (χ4n) is 2.08. The summed E-state index contributed by atoms with van der Waals surface area (Å²) in [6.45, 7) is 5.50. The molecule has 1 aromatic rings. The van der Waals surface area contributed by atoms with Crippen LogP contribution >= 0.6 is 0 Å². The van der Waals surface area contributed by atoms with Gasteiger partial charge in [0.05, 0.1) is 0 Å². The molecule has 0 unspecified atom stereocenters. The van der Waals surface area contributed by atoms with E-state index in [4.69, 9.17) is 0 Å². The number of rotatable bonds is 10. The summed E-state index contributed by atoms with van der Waals surface area (Å²) >= 11 is 0. The summed E-state index contributed by atoms with van der Waals surface area (Å²) in [4.78, 5) is 2.19. The van der Waals surface area contributed by atoms with Gasteiger partial charge >= 0.3 is 0 Å². The Morgan fingerprint density at radius 2 is 1.68 bits per heavy atom. The molecule has 0 radical (unpaired) electrons. The van der Waals surface area contributed by atoms with Crippen LogP contribution < -0.4 is 10.2 Å². The number of nitrogens with one attached hydrogen (secondary N) is 1. The number of benzene rings is 1. The van der Waals surface area contributed by atoms with Crippen molar-refractivity contribution in [2.45, 2.75) is 39.0 Å². The molecule has 0 aromatic heterocycles. The normalized spacial score (nSPS) is 10.7. The van der Waals surface area contributed by atoms with E-state index in [0.29, 0.717) is 0 Å². The van der Waals surface area contributed by atoms with Crippen molar-refractivity contribution in [1.82, 2.24) is 5.32 Å². The molecule has 2 nitrogen and oxygen atoms in total. The lowest BCUT2D eigenvalue weighted by Gasteiger charge is -2.19. The number of hydrogen-bond acceptors (Lipinski definition) is 2. The zero-order chi connectivity index (χ0) is 13.9. The number of hydrogen-bond donors (Lipinski definition) is 1. The molecule has 1 aromatic carbocycles. The highest BCUT2D eigenvalue weighted by atomic mass is 19.1. The lowest BCUT2D eigenvalue weighted by atomic mass is 10.2. The van der Waals surface area contributed by atoms with E-state index in [2.05, 4.69) is 24.2 Å². The molecule has 0 heterocycles. The van der Waals surface area contributed by atoms with Crippen LogP contribution in [0.4, 0.5) is 10.1 Å². The molecule has 0 aliphatic rings. The lowest BCUT2D eigenvalue weighted by molar-refractivity contribution is 0.584. The number of unbranched alkanes of at least 4 members (excludes halogenated alkanes) is 3. The van der Waals surface area contributed by atoms with E-state index in [-0.39, 0.29) is 5.82 Å². The largest absolute Gasteiger partial charge is 0.375 e.